The maximum absolute atomic E-state index is 13.2. The fraction of sp³-hybridized carbons (Fsp3) is 0.176. The number of methoxy groups -OCH3 is 1. The van der Waals surface area contributed by atoms with Gasteiger partial charge in [0.2, 0.25) is 5.91 Å². The second kappa shape index (κ2) is 7.63. The number of rotatable bonds is 6. The van der Waals surface area contributed by atoms with Crippen molar-refractivity contribution in [2.45, 2.75) is 11.3 Å². The van der Waals surface area contributed by atoms with E-state index in [0.29, 0.717) is 22.8 Å². The van der Waals surface area contributed by atoms with Crippen molar-refractivity contribution in [3.63, 3.8) is 0 Å². The van der Waals surface area contributed by atoms with Gasteiger partial charge in [-0.15, -0.1) is 11.8 Å². The molecule has 0 aliphatic carbocycles. The van der Waals surface area contributed by atoms with E-state index in [9.17, 15) is 9.18 Å². The highest BCUT2D eigenvalue weighted by molar-refractivity contribution is 7.99. The summed E-state index contributed by atoms with van der Waals surface area (Å²) >= 11 is 2.87. The van der Waals surface area contributed by atoms with E-state index >= 15 is 0 Å². The molecule has 0 fully saturated rings. The third-order valence-corrected chi connectivity index (χ3v) is 5.20. The first-order chi connectivity index (χ1) is 11.6. The summed E-state index contributed by atoms with van der Waals surface area (Å²) in [6.07, 6.45) is 0.376. The summed E-state index contributed by atoms with van der Waals surface area (Å²) in [6, 6.07) is 12.1. The standard InChI is InChI=1S/C17H15FN2O2S2/c1-22-12-3-5-13(6-4-12)23-9-8-16(21)20-17-19-14-7-2-11(18)10-15(14)24-17/h2-7,10H,8-9H2,1H3,(H,19,20,21). The van der Waals surface area contributed by atoms with Crippen LogP contribution in [0.25, 0.3) is 10.2 Å². The lowest BCUT2D eigenvalue weighted by molar-refractivity contribution is -0.115. The van der Waals surface area contributed by atoms with Crippen LogP contribution < -0.4 is 10.1 Å². The Morgan fingerprint density at radius 3 is 2.83 bits per heavy atom. The average molecular weight is 362 g/mol. The Labute approximate surface area is 147 Å². The molecule has 1 N–H and O–H groups in total. The Morgan fingerprint density at radius 2 is 2.08 bits per heavy atom. The van der Waals surface area contributed by atoms with E-state index in [4.69, 9.17) is 4.74 Å². The van der Waals surface area contributed by atoms with Gasteiger partial charge in [0.15, 0.2) is 5.13 Å². The van der Waals surface area contributed by atoms with Crippen molar-refractivity contribution in [1.82, 2.24) is 4.98 Å². The Hall–Kier alpha value is -2.12. The molecule has 0 bridgehead atoms. The first kappa shape index (κ1) is 16.7. The molecule has 2 aromatic carbocycles. The molecular formula is C17H15FN2O2S2. The summed E-state index contributed by atoms with van der Waals surface area (Å²) in [6.45, 7) is 0. The van der Waals surface area contributed by atoms with Crippen LogP contribution in [0.3, 0.4) is 0 Å². The van der Waals surface area contributed by atoms with Gasteiger partial charge < -0.3 is 10.1 Å². The van der Waals surface area contributed by atoms with Gasteiger partial charge in [-0.3, -0.25) is 4.79 Å². The largest absolute Gasteiger partial charge is 0.497 e. The van der Waals surface area contributed by atoms with E-state index in [1.165, 1.54) is 23.5 Å². The predicted molar refractivity (Wildman–Crippen MR) is 96.5 cm³/mol. The minimum absolute atomic E-state index is 0.101. The number of ether oxygens (including phenoxy) is 1. The smallest absolute Gasteiger partial charge is 0.226 e. The number of hydrogen-bond donors (Lipinski definition) is 1. The first-order valence-electron chi connectivity index (χ1n) is 7.27. The number of nitrogens with one attached hydrogen (secondary N) is 1. The van der Waals surface area contributed by atoms with E-state index in [1.54, 1.807) is 24.9 Å². The normalized spacial score (nSPS) is 10.8. The molecule has 0 saturated heterocycles. The number of fused-ring (bicyclic) bond motifs is 1. The lowest BCUT2D eigenvalue weighted by Gasteiger charge is -2.03. The SMILES string of the molecule is COc1ccc(SCCC(=O)Nc2nc3ccc(F)cc3s2)cc1. The number of aromatic nitrogens is 1. The van der Waals surface area contributed by atoms with Gasteiger partial charge >= 0.3 is 0 Å². The number of thioether (sulfide) groups is 1. The van der Waals surface area contributed by atoms with Crippen LogP contribution in [0.4, 0.5) is 9.52 Å². The fourth-order valence-electron chi connectivity index (χ4n) is 2.07. The maximum atomic E-state index is 13.2. The van der Waals surface area contributed by atoms with Crippen molar-refractivity contribution < 1.29 is 13.9 Å². The van der Waals surface area contributed by atoms with Gasteiger partial charge in [-0.1, -0.05) is 11.3 Å². The third-order valence-electron chi connectivity index (χ3n) is 3.25. The number of carbonyl (C=O) groups excluding carboxylic acids is 1. The quantitative estimate of drug-likeness (QED) is 0.653. The summed E-state index contributed by atoms with van der Waals surface area (Å²) in [4.78, 5) is 17.4. The molecule has 7 heteroatoms. The third kappa shape index (κ3) is 4.24. The topological polar surface area (TPSA) is 51.2 Å². The monoisotopic (exact) mass is 362 g/mol. The van der Waals surface area contributed by atoms with Crippen LogP contribution in [0.15, 0.2) is 47.4 Å². The minimum Gasteiger partial charge on any atom is -0.497 e. The van der Waals surface area contributed by atoms with Crippen LogP contribution in [0.2, 0.25) is 0 Å². The minimum atomic E-state index is -0.306. The van der Waals surface area contributed by atoms with Crippen molar-refractivity contribution in [1.29, 1.82) is 0 Å². The molecule has 0 unspecified atom stereocenters. The van der Waals surface area contributed by atoms with Crippen molar-refractivity contribution in [2.24, 2.45) is 0 Å². The number of halogens is 1. The summed E-state index contributed by atoms with van der Waals surface area (Å²) in [5.41, 5.74) is 0.685. The Morgan fingerprint density at radius 1 is 1.29 bits per heavy atom. The van der Waals surface area contributed by atoms with Gasteiger partial charge in [0.1, 0.15) is 11.6 Å². The fourth-order valence-corrected chi connectivity index (χ4v) is 3.83. The molecule has 0 aliphatic heterocycles. The van der Waals surface area contributed by atoms with Crippen molar-refractivity contribution in [3.8, 4) is 5.75 Å². The molecule has 1 heterocycles. The number of amides is 1. The van der Waals surface area contributed by atoms with E-state index in [0.717, 1.165) is 15.3 Å². The van der Waals surface area contributed by atoms with Crippen molar-refractivity contribution >= 4 is 44.4 Å². The van der Waals surface area contributed by atoms with Crippen molar-refractivity contribution in [2.75, 3.05) is 18.2 Å². The van der Waals surface area contributed by atoms with Crippen LogP contribution in [0.1, 0.15) is 6.42 Å². The molecular weight excluding hydrogens is 347 g/mol. The van der Waals surface area contributed by atoms with Gasteiger partial charge in [0, 0.05) is 17.1 Å². The second-order valence-corrected chi connectivity index (χ2v) is 7.15. The number of nitrogens with zero attached hydrogens (tertiary/aromatic N) is 1. The van der Waals surface area contributed by atoms with E-state index in [1.807, 2.05) is 24.3 Å². The molecule has 3 rings (SSSR count). The van der Waals surface area contributed by atoms with Gasteiger partial charge in [0.25, 0.3) is 0 Å². The number of thiazole rings is 1. The summed E-state index contributed by atoms with van der Waals surface area (Å²) < 4.78 is 19.0. The molecule has 0 spiro atoms. The van der Waals surface area contributed by atoms with Crippen molar-refractivity contribution in [3.05, 3.63) is 48.3 Å². The molecule has 0 atom stereocenters. The highest BCUT2D eigenvalue weighted by Gasteiger charge is 2.08. The van der Waals surface area contributed by atoms with Crippen LogP contribution in [-0.2, 0) is 4.79 Å². The maximum Gasteiger partial charge on any atom is 0.226 e. The highest BCUT2D eigenvalue weighted by atomic mass is 32.2. The molecule has 0 aliphatic rings. The Bertz CT molecular complexity index is 849. The van der Waals surface area contributed by atoms with Crippen LogP contribution in [0.5, 0.6) is 5.75 Å². The zero-order valence-corrected chi connectivity index (χ0v) is 14.5. The molecule has 1 aromatic heterocycles. The molecule has 0 radical (unpaired) electrons. The highest BCUT2D eigenvalue weighted by Crippen LogP contribution is 2.27. The number of benzene rings is 2. The van der Waals surface area contributed by atoms with Gasteiger partial charge in [-0.2, -0.15) is 0 Å². The number of hydrogen-bond acceptors (Lipinski definition) is 5. The molecule has 3 aromatic rings. The molecule has 1 amide bonds. The zero-order valence-electron chi connectivity index (χ0n) is 12.9. The lowest BCUT2D eigenvalue weighted by atomic mass is 10.3. The molecule has 4 nitrogen and oxygen atoms in total. The Balaban J connectivity index is 1.51. The van der Waals surface area contributed by atoms with Crippen LogP contribution in [-0.4, -0.2) is 23.8 Å². The van der Waals surface area contributed by atoms with Gasteiger partial charge in [0.05, 0.1) is 17.3 Å². The summed E-state index contributed by atoms with van der Waals surface area (Å²) in [5, 5.41) is 3.26. The van der Waals surface area contributed by atoms with Crippen LogP contribution in [0, 0.1) is 5.82 Å². The summed E-state index contributed by atoms with van der Waals surface area (Å²) in [5.74, 6) is 1.07. The molecule has 0 saturated carbocycles. The molecule has 124 valence electrons. The van der Waals surface area contributed by atoms with Gasteiger partial charge in [-0.05, 0) is 42.5 Å². The van der Waals surface area contributed by atoms with E-state index < -0.39 is 0 Å². The molecule has 24 heavy (non-hydrogen) atoms. The van der Waals surface area contributed by atoms with Crippen LogP contribution >= 0.6 is 23.1 Å². The van der Waals surface area contributed by atoms with E-state index in [-0.39, 0.29) is 11.7 Å². The van der Waals surface area contributed by atoms with E-state index in [2.05, 4.69) is 10.3 Å². The van der Waals surface area contributed by atoms with Gasteiger partial charge in [-0.25, -0.2) is 9.37 Å². The average Bonchev–Trinajstić information content (AvgIpc) is 2.96. The second-order valence-electron chi connectivity index (χ2n) is 4.95. The summed E-state index contributed by atoms with van der Waals surface area (Å²) in [7, 11) is 1.63. The number of carbonyl (C=O) groups is 1. The first-order valence-corrected chi connectivity index (χ1v) is 9.07. The zero-order chi connectivity index (χ0) is 16.9. The predicted octanol–water partition coefficient (Wildman–Crippen LogP) is 4.56. The lowest BCUT2D eigenvalue weighted by Crippen LogP contribution is -2.11. The number of anilines is 1. The Kier molecular flexibility index (Phi) is 5.32.